The van der Waals surface area contributed by atoms with E-state index in [1.165, 1.54) is 0 Å². The zero-order valence-corrected chi connectivity index (χ0v) is 14.0. The highest BCUT2D eigenvalue weighted by Gasteiger charge is 2.35. The second-order valence-electron chi connectivity index (χ2n) is 6.74. The van der Waals surface area contributed by atoms with Crippen LogP contribution < -0.4 is 5.32 Å². The smallest absolute Gasteiger partial charge is 0.225 e. The van der Waals surface area contributed by atoms with Gasteiger partial charge in [-0.1, -0.05) is 6.07 Å². The highest BCUT2D eigenvalue weighted by molar-refractivity contribution is 5.89. The third-order valence-corrected chi connectivity index (χ3v) is 4.95. The van der Waals surface area contributed by atoms with Crippen molar-refractivity contribution in [2.45, 2.75) is 38.4 Å². The van der Waals surface area contributed by atoms with E-state index in [9.17, 15) is 9.59 Å². The lowest BCUT2D eigenvalue weighted by Gasteiger charge is -2.26. The predicted octanol–water partition coefficient (Wildman–Crippen LogP) is 0.758. The van der Waals surface area contributed by atoms with Crippen LogP contribution in [0.5, 0.6) is 0 Å². The summed E-state index contributed by atoms with van der Waals surface area (Å²) in [6, 6.07) is 5.75. The van der Waals surface area contributed by atoms with Crippen LogP contribution in [-0.2, 0) is 29.1 Å². The summed E-state index contributed by atoms with van der Waals surface area (Å²) < 4.78 is 2.08. The van der Waals surface area contributed by atoms with Gasteiger partial charge in [-0.15, -0.1) is 0 Å². The molecule has 130 valence electrons. The van der Waals surface area contributed by atoms with E-state index in [1.807, 2.05) is 24.4 Å². The standard InChI is InChI=1S/C18H21N5O2/c24-17-9-13(10-23(17)11-14-3-1-2-6-19-14)18(25)21-15-4-5-16-20-7-8-22(16)12-15/h1-3,6-8,13,15H,4-5,9-12H2,(H,21,25). The molecule has 7 nitrogen and oxygen atoms in total. The summed E-state index contributed by atoms with van der Waals surface area (Å²) in [6.45, 7) is 1.68. The number of aromatic nitrogens is 3. The third-order valence-electron chi connectivity index (χ3n) is 4.95. The van der Waals surface area contributed by atoms with E-state index >= 15 is 0 Å². The molecule has 1 fully saturated rings. The van der Waals surface area contributed by atoms with Gasteiger partial charge in [0, 0.05) is 50.6 Å². The molecular weight excluding hydrogens is 318 g/mol. The predicted molar refractivity (Wildman–Crippen MR) is 90.2 cm³/mol. The summed E-state index contributed by atoms with van der Waals surface area (Å²) in [5.41, 5.74) is 0.844. The molecule has 0 aromatic carbocycles. The molecule has 2 aliphatic rings. The Morgan fingerprint density at radius 2 is 2.16 bits per heavy atom. The van der Waals surface area contributed by atoms with Crippen LogP contribution in [0, 0.1) is 5.92 Å². The molecule has 4 heterocycles. The van der Waals surface area contributed by atoms with Gasteiger partial charge >= 0.3 is 0 Å². The summed E-state index contributed by atoms with van der Waals surface area (Å²) >= 11 is 0. The number of likely N-dealkylation sites (tertiary alicyclic amines) is 1. The average molecular weight is 339 g/mol. The second kappa shape index (κ2) is 6.66. The van der Waals surface area contributed by atoms with Crippen molar-refractivity contribution in [1.29, 1.82) is 0 Å². The Labute approximate surface area is 146 Å². The molecular formula is C18H21N5O2. The summed E-state index contributed by atoms with van der Waals surface area (Å²) in [5, 5.41) is 3.11. The number of amides is 2. The lowest BCUT2D eigenvalue weighted by atomic mass is 10.0. The van der Waals surface area contributed by atoms with E-state index in [0.717, 1.165) is 30.9 Å². The van der Waals surface area contributed by atoms with E-state index in [-0.39, 0.29) is 30.2 Å². The fraction of sp³-hybridized carbons (Fsp3) is 0.444. The van der Waals surface area contributed by atoms with E-state index in [1.54, 1.807) is 17.3 Å². The lowest BCUT2D eigenvalue weighted by Crippen LogP contribution is -2.44. The van der Waals surface area contributed by atoms with Crippen molar-refractivity contribution in [3.8, 4) is 0 Å². The van der Waals surface area contributed by atoms with Crippen molar-refractivity contribution in [3.05, 3.63) is 48.3 Å². The Morgan fingerprint density at radius 1 is 1.24 bits per heavy atom. The van der Waals surface area contributed by atoms with Crippen molar-refractivity contribution in [2.75, 3.05) is 6.54 Å². The van der Waals surface area contributed by atoms with E-state index < -0.39 is 0 Å². The number of rotatable bonds is 4. The summed E-state index contributed by atoms with van der Waals surface area (Å²) in [7, 11) is 0. The van der Waals surface area contributed by atoms with Gasteiger partial charge in [-0.2, -0.15) is 0 Å². The van der Waals surface area contributed by atoms with Crippen LogP contribution in [0.2, 0.25) is 0 Å². The van der Waals surface area contributed by atoms with Crippen LogP contribution in [0.15, 0.2) is 36.8 Å². The van der Waals surface area contributed by atoms with Gasteiger partial charge in [0.2, 0.25) is 11.8 Å². The maximum atomic E-state index is 12.6. The van der Waals surface area contributed by atoms with Crippen LogP contribution in [0.25, 0.3) is 0 Å². The number of carbonyl (C=O) groups excluding carboxylic acids is 2. The quantitative estimate of drug-likeness (QED) is 0.892. The number of hydrogen-bond acceptors (Lipinski definition) is 4. The average Bonchev–Trinajstić information content (AvgIpc) is 3.22. The number of nitrogens with zero attached hydrogens (tertiary/aromatic N) is 4. The summed E-state index contributed by atoms with van der Waals surface area (Å²) in [5.74, 6) is 0.792. The highest BCUT2D eigenvalue weighted by Crippen LogP contribution is 2.21. The van der Waals surface area contributed by atoms with E-state index in [2.05, 4.69) is 19.9 Å². The molecule has 0 spiro atoms. The highest BCUT2D eigenvalue weighted by atomic mass is 16.2. The van der Waals surface area contributed by atoms with Gasteiger partial charge in [-0.25, -0.2) is 4.98 Å². The number of imidazole rings is 1. The minimum Gasteiger partial charge on any atom is -0.351 e. The van der Waals surface area contributed by atoms with Gasteiger partial charge in [0.1, 0.15) is 5.82 Å². The van der Waals surface area contributed by atoms with Gasteiger partial charge in [-0.3, -0.25) is 14.6 Å². The normalized spacial score (nSPS) is 22.7. The van der Waals surface area contributed by atoms with Gasteiger partial charge in [-0.05, 0) is 18.6 Å². The first kappa shape index (κ1) is 15.8. The molecule has 2 aromatic rings. The van der Waals surface area contributed by atoms with Gasteiger partial charge in [0.25, 0.3) is 0 Å². The zero-order chi connectivity index (χ0) is 17.2. The van der Waals surface area contributed by atoms with E-state index in [4.69, 9.17) is 0 Å². The second-order valence-corrected chi connectivity index (χ2v) is 6.74. The summed E-state index contributed by atoms with van der Waals surface area (Å²) in [6.07, 6.45) is 7.50. The van der Waals surface area contributed by atoms with Crippen LogP contribution >= 0.6 is 0 Å². The number of pyridine rings is 1. The van der Waals surface area contributed by atoms with Crippen LogP contribution in [0.3, 0.4) is 0 Å². The van der Waals surface area contributed by atoms with Crippen molar-refractivity contribution in [2.24, 2.45) is 5.92 Å². The maximum absolute atomic E-state index is 12.6. The molecule has 0 radical (unpaired) electrons. The molecule has 1 saturated heterocycles. The fourth-order valence-corrected chi connectivity index (χ4v) is 3.59. The third kappa shape index (κ3) is 3.40. The number of aryl methyl sites for hydroxylation is 1. The van der Waals surface area contributed by atoms with Crippen LogP contribution in [0.1, 0.15) is 24.4 Å². The molecule has 0 bridgehead atoms. The minimum absolute atomic E-state index is 0.0198. The largest absolute Gasteiger partial charge is 0.351 e. The minimum atomic E-state index is -0.277. The van der Waals surface area contributed by atoms with Crippen LogP contribution in [0.4, 0.5) is 0 Å². The molecule has 4 rings (SSSR count). The first-order chi connectivity index (χ1) is 12.2. The topological polar surface area (TPSA) is 80.1 Å². The Hall–Kier alpha value is -2.70. The van der Waals surface area contributed by atoms with Gasteiger partial charge in [0.15, 0.2) is 0 Å². The Balaban J connectivity index is 1.33. The molecule has 0 saturated carbocycles. The molecule has 2 aromatic heterocycles. The molecule has 2 aliphatic heterocycles. The molecule has 2 amide bonds. The molecule has 2 unspecified atom stereocenters. The summed E-state index contributed by atoms with van der Waals surface area (Å²) in [4.78, 5) is 35.1. The fourth-order valence-electron chi connectivity index (χ4n) is 3.59. The van der Waals surface area contributed by atoms with Crippen LogP contribution in [-0.4, -0.2) is 43.8 Å². The van der Waals surface area contributed by atoms with Crippen molar-refractivity contribution < 1.29 is 9.59 Å². The SMILES string of the molecule is O=C(NC1CCc2nccn2C1)C1CC(=O)N(Cc2ccccn2)C1. The zero-order valence-electron chi connectivity index (χ0n) is 14.0. The lowest BCUT2D eigenvalue weighted by molar-refractivity contribution is -0.129. The molecule has 7 heteroatoms. The monoisotopic (exact) mass is 339 g/mol. The Bertz CT molecular complexity index is 773. The molecule has 1 N–H and O–H groups in total. The maximum Gasteiger partial charge on any atom is 0.225 e. The number of nitrogens with one attached hydrogen (secondary N) is 1. The van der Waals surface area contributed by atoms with Gasteiger partial charge in [0.05, 0.1) is 18.2 Å². The Morgan fingerprint density at radius 3 is 3.00 bits per heavy atom. The first-order valence-electron chi connectivity index (χ1n) is 8.67. The van der Waals surface area contributed by atoms with E-state index in [0.29, 0.717) is 13.1 Å². The molecule has 2 atom stereocenters. The molecule has 25 heavy (non-hydrogen) atoms. The van der Waals surface area contributed by atoms with Crippen molar-refractivity contribution in [3.63, 3.8) is 0 Å². The van der Waals surface area contributed by atoms with Gasteiger partial charge < -0.3 is 14.8 Å². The Kier molecular flexibility index (Phi) is 4.21. The number of hydrogen-bond donors (Lipinski definition) is 1. The molecule has 0 aliphatic carbocycles. The van der Waals surface area contributed by atoms with Crippen molar-refractivity contribution in [1.82, 2.24) is 24.8 Å². The first-order valence-corrected chi connectivity index (χ1v) is 8.67. The number of fused-ring (bicyclic) bond motifs is 1. The van der Waals surface area contributed by atoms with Crippen molar-refractivity contribution >= 4 is 11.8 Å². The number of carbonyl (C=O) groups is 2.